The Morgan fingerprint density at radius 3 is 1.17 bits per heavy atom. The number of nitrogens with zero attached hydrogens (tertiary/aromatic N) is 2. The van der Waals surface area contributed by atoms with Crippen molar-refractivity contribution in [2.24, 2.45) is 0 Å². The van der Waals surface area contributed by atoms with Crippen LogP contribution in [0.3, 0.4) is 0 Å². The normalized spacial score (nSPS) is 11.5. The van der Waals surface area contributed by atoms with Crippen molar-refractivity contribution in [3.63, 3.8) is 0 Å². The Hall–Kier alpha value is -9.96. The van der Waals surface area contributed by atoms with Gasteiger partial charge in [0.25, 0.3) is 0 Å². The third-order valence-electron chi connectivity index (χ3n) is 14.9. The predicted octanol–water partition coefficient (Wildman–Crippen LogP) is 20.2. The van der Waals surface area contributed by atoms with Gasteiger partial charge in [0.05, 0.1) is 16.7 Å². The molecular formula is C72H48N2O. The lowest BCUT2D eigenvalue weighted by atomic mass is 9.93. The topological polar surface area (TPSA) is 21.3 Å². The van der Waals surface area contributed by atoms with E-state index in [-0.39, 0.29) is 0 Å². The van der Waals surface area contributed by atoms with E-state index in [1.165, 1.54) is 55.2 Å². The van der Waals surface area contributed by atoms with Crippen molar-refractivity contribution in [1.29, 1.82) is 0 Å². The first-order valence-electron chi connectivity index (χ1n) is 25.7. The van der Waals surface area contributed by atoms with Crippen LogP contribution in [0.15, 0.2) is 296 Å². The summed E-state index contributed by atoms with van der Waals surface area (Å²) in [7, 11) is 0. The van der Waals surface area contributed by atoms with Gasteiger partial charge in [0.1, 0.15) is 11.2 Å². The fourth-order valence-electron chi connectivity index (χ4n) is 11.3. The standard InChI is InChI=1S/C72H48N2O/c1-2-17-49(18-3-1)50-33-35-51(36-34-50)52-37-43-55(44-38-52)73(57-47-41-54(42-48-57)59-20-5-7-22-61(59)66-27-16-28-67-65-26-11-15-32-71(65)75-72(66)67)56-45-39-53(40-46-56)58-19-4-6-21-60(58)62-23-8-12-29-68(62)74-69-30-13-9-24-63(69)64-25-10-14-31-70(64)74/h1-48H. The molecule has 0 aliphatic carbocycles. The third kappa shape index (κ3) is 7.78. The second-order valence-electron chi connectivity index (χ2n) is 19.2. The Morgan fingerprint density at radius 2 is 0.613 bits per heavy atom. The summed E-state index contributed by atoms with van der Waals surface area (Å²) in [5, 5.41) is 4.75. The highest BCUT2D eigenvalue weighted by Crippen LogP contribution is 2.44. The van der Waals surface area contributed by atoms with E-state index in [2.05, 4.69) is 289 Å². The number of rotatable bonds is 10. The molecule has 0 aliphatic rings. The number of furan rings is 1. The van der Waals surface area contributed by atoms with Crippen LogP contribution >= 0.6 is 0 Å². The van der Waals surface area contributed by atoms with Crippen LogP contribution in [0.2, 0.25) is 0 Å². The van der Waals surface area contributed by atoms with Crippen molar-refractivity contribution in [3.05, 3.63) is 291 Å². The summed E-state index contributed by atoms with van der Waals surface area (Å²) < 4.78 is 8.97. The Labute approximate surface area is 436 Å². The Bertz CT molecular complexity index is 4320. The van der Waals surface area contributed by atoms with E-state index >= 15 is 0 Å². The number of anilines is 3. The molecule has 0 radical (unpaired) electrons. The van der Waals surface area contributed by atoms with Gasteiger partial charge < -0.3 is 13.9 Å². The lowest BCUT2D eigenvalue weighted by molar-refractivity contribution is 0.670. The highest BCUT2D eigenvalue weighted by atomic mass is 16.3. The van der Waals surface area contributed by atoms with Gasteiger partial charge in [-0.15, -0.1) is 0 Å². The van der Waals surface area contributed by atoms with Crippen molar-refractivity contribution in [3.8, 4) is 72.4 Å². The lowest BCUT2D eigenvalue weighted by Gasteiger charge is -2.26. The van der Waals surface area contributed by atoms with Gasteiger partial charge in [-0.1, -0.05) is 231 Å². The fourth-order valence-corrected chi connectivity index (χ4v) is 11.3. The lowest BCUT2D eigenvalue weighted by Crippen LogP contribution is -2.09. The van der Waals surface area contributed by atoms with E-state index in [1.54, 1.807) is 0 Å². The zero-order valence-corrected chi connectivity index (χ0v) is 41.0. The minimum absolute atomic E-state index is 0.897. The maximum absolute atomic E-state index is 6.54. The van der Waals surface area contributed by atoms with Crippen LogP contribution in [0.25, 0.3) is 116 Å². The summed E-state index contributed by atoms with van der Waals surface area (Å²) >= 11 is 0. The van der Waals surface area contributed by atoms with Crippen LogP contribution in [0.5, 0.6) is 0 Å². The molecule has 0 bridgehead atoms. The van der Waals surface area contributed by atoms with Crippen molar-refractivity contribution in [2.75, 3.05) is 4.90 Å². The summed E-state index contributed by atoms with van der Waals surface area (Å²) in [6.07, 6.45) is 0. The first-order valence-corrected chi connectivity index (χ1v) is 25.7. The molecule has 0 unspecified atom stereocenters. The summed E-state index contributed by atoms with van der Waals surface area (Å²) in [4.78, 5) is 2.36. The third-order valence-corrected chi connectivity index (χ3v) is 14.9. The number of hydrogen-bond donors (Lipinski definition) is 0. The van der Waals surface area contributed by atoms with Crippen molar-refractivity contribution in [2.45, 2.75) is 0 Å². The quantitative estimate of drug-likeness (QED) is 0.136. The fraction of sp³-hybridized carbons (Fsp3) is 0. The highest BCUT2D eigenvalue weighted by Gasteiger charge is 2.20. The second kappa shape index (κ2) is 18.6. The van der Waals surface area contributed by atoms with Gasteiger partial charge in [0.15, 0.2) is 0 Å². The summed E-state index contributed by atoms with van der Waals surface area (Å²) in [6, 6.07) is 105. The molecule has 0 aliphatic heterocycles. The van der Waals surface area contributed by atoms with Gasteiger partial charge in [0.2, 0.25) is 0 Å². The van der Waals surface area contributed by atoms with Crippen LogP contribution in [0.4, 0.5) is 17.1 Å². The highest BCUT2D eigenvalue weighted by molar-refractivity contribution is 6.11. The van der Waals surface area contributed by atoms with E-state index in [0.29, 0.717) is 0 Å². The first kappa shape index (κ1) is 43.8. The SMILES string of the molecule is c1ccc(-c2ccc(-c3ccc(N(c4ccc(-c5ccccc5-c5ccccc5-n5c6ccccc6c6ccccc65)cc4)c4ccc(-c5ccccc5-c5cccc6c5oc5ccccc56)cc4)cc3)cc2)cc1. The largest absolute Gasteiger partial charge is 0.455 e. The van der Waals surface area contributed by atoms with E-state index in [1.807, 2.05) is 12.1 Å². The Kier molecular flexibility index (Phi) is 10.8. The number of aromatic nitrogens is 1. The van der Waals surface area contributed by atoms with Gasteiger partial charge in [-0.3, -0.25) is 0 Å². The van der Waals surface area contributed by atoms with E-state index in [4.69, 9.17) is 4.42 Å². The second-order valence-corrected chi connectivity index (χ2v) is 19.2. The maximum atomic E-state index is 6.54. The smallest absolute Gasteiger partial charge is 0.143 e. The van der Waals surface area contributed by atoms with Crippen LogP contribution in [0.1, 0.15) is 0 Å². The monoisotopic (exact) mass is 956 g/mol. The zero-order valence-electron chi connectivity index (χ0n) is 41.0. The molecule has 352 valence electrons. The molecule has 0 fully saturated rings. The molecule has 0 atom stereocenters. The van der Waals surface area contributed by atoms with Crippen molar-refractivity contribution in [1.82, 2.24) is 4.57 Å². The van der Waals surface area contributed by atoms with Gasteiger partial charge in [-0.2, -0.15) is 0 Å². The van der Waals surface area contributed by atoms with Gasteiger partial charge in [-0.05, 0) is 116 Å². The predicted molar refractivity (Wildman–Crippen MR) is 315 cm³/mol. The minimum atomic E-state index is 0.897. The molecule has 3 nitrogen and oxygen atoms in total. The maximum Gasteiger partial charge on any atom is 0.143 e. The molecule has 2 heterocycles. The molecule has 2 aromatic heterocycles. The van der Waals surface area contributed by atoms with Gasteiger partial charge in [0, 0.05) is 49.7 Å². The van der Waals surface area contributed by atoms with Crippen LogP contribution in [-0.4, -0.2) is 4.57 Å². The molecule has 0 N–H and O–H groups in total. The molecule has 0 saturated carbocycles. The summed E-state index contributed by atoms with van der Waals surface area (Å²) in [6.45, 7) is 0. The molecule has 3 heteroatoms. The molecule has 75 heavy (non-hydrogen) atoms. The van der Waals surface area contributed by atoms with Gasteiger partial charge in [-0.25, -0.2) is 0 Å². The molecule has 0 amide bonds. The molecule has 14 aromatic rings. The number of para-hydroxylation sites is 5. The van der Waals surface area contributed by atoms with E-state index in [0.717, 1.165) is 78.1 Å². The number of hydrogen-bond acceptors (Lipinski definition) is 2. The number of benzene rings is 12. The van der Waals surface area contributed by atoms with Crippen LogP contribution < -0.4 is 4.90 Å². The average Bonchev–Trinajstić information content (AvgIpc) is 4.06. The van der Waals surface area contributed by atoms with E-state index in [9.17, 15) is 0 Å². The molecular weight excluding hydrogens is 909 g/mol. The first-order chi connectivity index (χ1) is 37.2. The van der Waals surface area contributed by atoms with Crippen molar-refractivity contribution >= 4 is 60.8 Å². The summed E-state index contributed by atoms with van der Waals surface area (Å²) in [5.74, 6) is 0. The van der Waals surface area contributed by atoms with Crippen LogP contribution in [-0.2, 0) is 0 Å². The Morgan fingerprint density at radius 1 is 0.240 bits per heavy atom. The average molecular weight is 957 g/mol. The van der Waals surface area contributed by atoms with Crippen molar-refractivity contribution < 1.29 is 4.42 Å². The minimum Gasteiger partial charge on any atom is -0.455 e. The molecule has 0 spiro atoms. The van der Waals surface area contributed by atoms with Gasteiger partial charge >= 0.3 is 0 Å². The summed E-state index contributed by atoms with van der Waals surface area (Å²) in [5.41, 5.74) is 22.5. The number of fused-ring (bicyclic) bond motifs is 6. The van der Waals surface area contributed by atoms with E-state index < -0.39 is 0 Å². The molecule has 0 saturated heterocycles. The van der Waals surface area contributed by atoms with Crippen LogP contribution in [0, 0.1) is 0 Å². The molecule has 14 rings (SSSR count). The zero-order chi connectivity index (χ0) is 49.7. The molecule has 12 aromatic carbocycles. The Balaban J connectivity index is 0.844.